The molecule has 118 valence electrons. The van der Waals surface area contributed by atoms with Crippen LogP contribution in [0, 0.1) is 12.8 Å². The minimum absolute atomic E-state index is 0.119. The molecule has 3 rings (SSSR count). The number of carbonyl (C=O) groups is 1. The summed E-state index contributed by atoms with van der Waals surface area (Å²) < 4.78 is 3.74. The second-order valence-corrected chi connectivity index (χ2v) is 5.73. The number of carbonyl (C=O) groups excluding carboxylic acids is 1. The van der Waals surface area contributed by atoms with Crippen LogP contribution in [-0.2, 0) is 13.6 Å². The van der Waals surface area contributed by atoms with E-state index in [0.717, 1.165) is 38.3 Å². The van der Waals surface area contributed by atoms with Gasteiger partial charge in [0.05, 0.1) is 6.33 Å². The predicted molar refractivity (Wildman–Crippen MR) is 81.3 cm³/mol. The van der Waals surface area contributed by atoms with Gasteiger partial charge in [-0.25, -0.2) is 9.78 Å². The summed E-state index contributed by atoms with van der Waals surface area (Å²) in [7, 11) is 1.81. The van der Waals surface area contributed by atoms with Gasteiger partial charge >= 0.3 is 6.03 Å². The summed E-state index contributed by atoms with van der Waals surface area (Å²) in [6.07, 6.45) is 7.62. The first-order valence-electron chi connectivity index (χ1n) is 7.51. The van der Waals surface area contributed by atoms with Crippen LogP contribution in [0.4, 0.5) is 10.7 Å². The Balaban J connectivity index is 1.49. The van der Waals surface area contributed by atoms with Gasteiger partial charge in [-0.3, -0.25) is 10.00 Å². The van der Waals surface area contributed by atoms with Crippen LogP contribution in [0.25, 0.3) is 0 Å². The van der Waals surface area contributed by atoms with E-state index in [4.69, 9.17) is 0 Å². The fourth-order valence-corrected chi connectivity index (χ4v) is 2.70. The van der Waals surface area contributed by atoms with Crippen molar-refractivity contribution in [3.05, 3.63) is 24.5 Å². The molecule has 8 heteroatoms. The Labute approximate surface area is 129 Å². The monoisotopic (exact) mass is 303 g/mol. The Morgan fingerprint density at radius 3 is 2.77 bits per heavy atom. The lowest BCUT2D eigenvalue weighted by Crippen LogP contribution is -2.41. The lowest BCUT2D eigenvalue weighted by Gasteiger charge is -2.31. The van der Waals surface area contributed by atoms with Gasteiger partial charge in [-0.2, -0.15) is 4.98 Å². The van der Waals surface area contributed by atoms with Crippen LogP contribution in [-0.4, -0.2) is 48.3 Å². The van der Waals surface area contributed by atoms with Crippen molar-refractivity contribution in [1.29, 1.82) is 0 Å². The number of likely N-dealkylation sites (tertiary alicyclic amines) is 1. The highest BCUT2D eigenvalue weighted by atomic mass is 16.2. The predicted octanol–water partition coefficient (Wildman–Crippen LogP) is 1.26. The molecule has 0 spiro atoms. The van der Waals surface area contributed by atoms with Gasteiger partial charge in [-0.05, 0) is 25.7 Å². The van der Waals surface area contributed by atoms with Crippen molar-refractivity contribution in [3.8, 4) is 0 Å². The quantitative estimate of drug-likeness (QED) is 0.925. The van der Waals surface area contributed by atoms with Crippen molar-refractivity contribution in [3.63, 3.8) is 0 Å². The largest absolute Gasteiger partial charge is 0.337 e. The number of anilines is 1. The van der Waals surface area contributed by atoms with Crippen molar-refractivity contribution in [2.24, 2.45) is 13.0 Å². The molecule has 2 aromatic rings. The maximum Gasteiger partial charge on any atom is 0.324 e. The van der Waals surface area contributed by atoms with Crippen molar-refractivity contribution < 1.29 is 4.79 Å². The molecule has 1 aliphatic rings. The lowest BCUT2D eigenvalue weighted by atomic mass is 9.97. The molecule has 1 saturated heterocycles. The summed E-state index contributed by atoms with van der Waals surface area (Å²) in [5.74, 6) is 1.73. The molecular weight excluding hydrogens is 282 g/mol. The Kier molecular flexibility index (Phi) is 4.08. The third-order valence-electron chi connectivity index (χ3n) is 4.13. The highest BCUT2D eigenvalue weighted by Gasteiger charge is 2.23. The maximum atomic E-state index is 12.2. The molecule has 2 amide bonds. The molecule has 0 aromatic carbocycles. The van der Waals surface area contributed by atoms with Crippen molar-refractivity contribution >= 4 is 12.0 Å². The number of piperidine rings is 1. The first kappa shape index (κ1) is 14.6. The van der Waals surface area contributed by atoms with E-state index in [9.17, 15) is 4.79 Å². The molecule has 0 unspecified atom stereocenters. The Morgan fingerprint density at radius 1 is 1.41 bits per heavy atom. The summed E-state index contributed by atoms with van der Waals surface area (Å²) in [6, 6.07) is -0.119. The van der Waals surface area contributed by atoms with Crippen LogP contribution in [0.3, 0.4) is 0 Å². The molecule has 0 radical (unpaired) electrons. The molecule has 1 fully saturated rings. The lowest BCUT2D eigenvalue weighted by molar-refractivity contribution is 0.177. The molecule has 0 saturated carbocycles. The number of amides is 2. The van der Waals surface area contributed by atoms with Gasteiger partial charge < -0.3 is 9.47 Å². The fraction of sp³-hybridized carbons (Fsp3) is 0.571. The number of urea groups is 1. The van der Waals surface area contributed by atoms with E-state index in [1.165, 1.54) is 0 Å². The standard InChI is InChI=1S/C14H21N7O/c1-11-16-13(18-19(11)2)17-14(22)21-6-3-12(4-7-21)9-20-8-5-15-10-20/h5,8,10,12H,3-4,6-7,9H2,1-2H3,(H,17,18,22). The van der Waals surface area contributed by atoms with Crippen molar-refractivity contribution in [1.82, 2.24) is 29.2 Å². The van der Waals surface area contributed by atoms with E-state index in [0.29, 0.717) is 11.9 Å². The number of hydrogen-bond acceptors (Lipinski definition) is 4. The normalized spacial score (nSPS) is 16.0. The summed E-state index contributed by atoms with van der Waals surface area (Å²) in [5.41, 5.74) is 0. The molecule has 3 heterocycles. The van der Waals surface area contributed by atoms with Crippen LogP contribution in [0.15, 0.2) is 18.7 Å². The molecule has 1 aliphatic heterocycles. The van der Waals surface area contributed by atoms with Gasteiger partial charge in [0, 0.05) is 39.1 Å². The fourth-order valence-electron chi connectivity index (χ4n) is 2.70. The van der Waals surface area contributed by atoms with Gasteiger partial charge in [-0.15, -0.1) is 5.10 Å². The zero-order valence-electron chi connectivity index (χ0n) is 12.9. The van der Waals surface area contributed by atoms with Gasteiger partial charge in [0.2, 0.25) is 5.95 Å². The van der Waals surface area contributed by atoms with Crippen LogP contribution in [0.5, 0.6) is 0 Å². The summed E-state index contributed by atoms with van der Waals surface area (Å²) in [5, 5.41) is 6.91. The van der Waals surface area contributed by atoms with Crippen LogP contribution < -0.4 is 5.32 Å². The van der Waals surface area contributed by atoms with Gasteiger partial charge in [0.15, 0.2) is 0 Å². The number of hydrogen-bond donors (Lipinski definition) is 1. The highest BCUT2D eigenvalue weighted by Crippen LogP contribution is 2.19. The van der Waals surface area contributed by atoms with E-state index in [-0.39, 0.29) is 6.03 Å². The number of nitrogens with one attached hydrogen (secondary N) is 1. The third kappa shape index (κ3) is 3.26. The highest BCUT2D eigenvalue weighted by molar-refractivity contribution is 5.87. The minimum atomic E-state index is -0.119. The zero-order chi connectivity index (χ0) is 15.5. The summed E-state index contributed by atoms with van der Waals surface area (Å²) >= 11 is 0. The molecule has 0 bridgehead atoms. The molecular formula is C14H21N7O. The van der Waals surface area contributed by atoms with E-state index >= 15 is 0 Å². The van der Waals surface area contributed by atoms with Crippen molar-refractivity contribution in [2.75, 3.05) is 18.4 Å². The number of nitrogens with zero attached hydrogens (tertiary/aromatic N) is 6. The van der Waals surface area contributed by atoms with E-state index in [2.05, 4.69) is 25.0 Å². The van der Waals surface area contributed by atoms with E-state index in [1.54, 1.807) is 17.9 Å². The second-order valence-electron chi connectivity index (χ2n) is 5.73. The van der Waals surface area contributed by atoms with Crippen molar-refractivity contribution in [2.45, 2.75) is 26.3 Å². The topological polar surface area (TPSA) is 80.9 Å². The van der Waals surface area contributed by atoms with Gasteiger partial charge in [-0.1, -0.05) is 0 Å². The summed E-state index contributed by atoms with van der Waals surface area (Å²) in [6.45, 7) is 4.34. The number of aryl methyl sites for hydroxylation is 2. The smallest absolute Gasteiger partial charge is 0.324 e. The average Bonchev–Trinajstić information content (AvgIpc) is 3.10. The second kappa shape index (κ2) is 6.17. The number of rotatable bonds is 3. The summed E-state index contributed by atoms with van der Waals surface area (Å²) in [4.78, 5) is 22.3. The molecule has 0 atom stereocenters. The van der Waals surface area contributed by atoms with Crippen LogP contribution >= 0.6 is 0 Å². The number of imidazole rings is 1. The van der Waals surface area contributed by atoms with Crippen LogP contribution in [0.2, 0.25) is 0 Å². The minimum Gasteiger partial charge on any atom is -0.337 e. The first-order chi connectivity index (χ1) is 10.6. The Hall–Kier alpha value is -2.38. The average molecular weight is 303 g/mol. The number of aromatic nitrogens is 5. The first-order valence-corrected chi connectivity index (χ1v) is 7.51. The molecule has 0 aliphatic carbocycles. The molecule has 1 N–H and O–H groups in total. The molecule has 8 nitrogen and oxygen atoms in total. The van der Waals surface area contributed by atoms with Gasteiger partial charge in [0.1, 0.15) is 5.82 Å². The maximum absolute atomic E-state index is 12.2. The van der Waals surface area contributed by atoms with Gasteiger partial charge in [0.25, 0.3) is 0 Å². The van der Waals surface area contributed by atoms with E-state index in [1.807, 2.05) is 24.3 Å². The SMILES string of the molecule is Cc1nc(NC(=O)N2CCC(Cn3ccnc3)CC2)nn1C. The van der Waals surface area contributed by atoms with E-state index < -0.39 is 0 Å². The Bertz CT molecular complexity index is 606. The zero-order valence-corrected chi connectivity index (χ0v) is 12.9. The third-order valence-corrected chi connectivity index (χ3v) is 4.13. The molecule has 2 aromatic heterocycles. The Morgan fingerprint density at radius 2 is 2.18 bits per heavy atom. The van der Waals surface area contributed by atoms with Crippen LogP contribution in [0.1, 0.15) is 18.7 Å². The molecule has 22 heavy (non-hydrogen) atoms.